The van der Waals surface area contributed by atoms with Crippen LogP contribution in [0.25, 0.3) is 0 Å². The first-order valence-corrected chi connectivity index (χ1v) is 8.34. The van der Waals surface area contributed by atoms with Crippen LogP contribution in [-0.2, 0) is 6.42 Å². The van der Waals surface area contributed by atoms with Gasteiger partial charge in [-0.15, -0.1) is 0 Å². The van der Waals surface area contributed by atoms with Gasteiger partial charge < -0.3 is 10.2 Å². The van der Waals surface area contributed by atoms with Crippen LogP contribution in [0.2, 0.25) is 0 Å². The van der Waals surface area contributed by atoms with Crippen molar-refractivity contribution in [3.8, 4) is 0 Å². The van der Waals surface area contributed by atoms with Crippen LogP contribution in [0.1, 0.15) is 12.5 Å². The van der Waals surface area contributed by atoms with Gasteiger partial charge in [-0.25, -0.2) is 0 Å². The van der Waals surface area contributed by atoms with E-state index >= 15 is 0 Å². The molecule has 1 atom stereocenters. The molecular weight excluding hydrogens is 324 g/mol. The molecule has 0 amide bonds. The zero-order valence-corrected chi connectivity index (χ0v) is 13.9. The van der Waals surface area contributed by atoms with Crippen LogP contribution >= 0.6 is 15.9 Å². The summed E-state index contributed by atoms with van der Waals surface area (Å²) in [6.07, 6.45) is 1.20. The van der Waals surface area contributed by atoms with Gasteiger partial charge in [-0.3, -0.25) is 0 Å². The molecule has 0 bridgehead atoms. The molecule has 0 saturated heterocycles. The summed E-state index contributed by atoms with van der Waals surface area (Å²) in [6.45, 7) is 5.48. The molecule has 21 heavy (non-hydrogen) atoms. The summed E-state index contributed by atoms with van der Waals surface area (Å²) in [7, 11) is 0. The van der Waals surface area contributed by atoms with Crippen LogP contribution in [0.15, 0.2) is 53.0 Å². The second-order valence-corrected chi connectivity index (χ2v) is 6.74. The van der Waals surface area contributed by atoms with E-state index in [0.717, 1.165) is 30.0 Å². The Balaban J connectivity index is 1.63. The molecule has 2 aromatic carbocycles. The smallest absolute Gasteiger partial charge is 0.0399 e. The molecule has 110 valence electrons. The highest BCUT2D eigenvalue weighted by Gasteiger charge is 2.20. The topological polar surface area (TPSA) is 15.3 Å². The zero-order chi connectivity index (χ0) is 14.7. The fourth-order valence-electron chi connectivity index (χ4n) is 3.05. The van der Waals surface area contributed by atoms with Crippen LogP contribution in [0, 0.1) is 5.92 Å². The summed E-state index contributed by atoms with van der Waals surface area (Å²) in [5, 5.41) is 3.51. The fourth-order valence-corrected chi connectivity index (χ4v) is 3.45. The standard InChI is InChI=1S/C18H21BrN2/c1-14-11-15-5-2-3-8-18(15)21(13-14)10-9-20-17-7-4-6-16(19)12-17/h2-8,12,14,20H,9-11,13H2,1H3. The number of hydrogen-bond acceptors (Lipinski definition) is 2. The van der Waals surface area contributed by atoms with Gasteiger partial charge in [0, 0.05) is 35.5 Å². The van der Waals surface area contributed by atoms with Crippen molar-refractivity contribution in [1.82, 2.24) is 0 Å². The zero-order valence-electron chi connectivity index (χ0n) is 12.3. The average molecular weight is 345 g/mol. The van der Waals surface area contributed by atoms with Gasteiger partial charge in [0.05, 0.1) is 0 Å². The van der Waals surface area contributed by atoms with Gasteiger partial charge >= 0.3 is 0 Å². The molecule has 3 heteroatoms. The number of fused-ring (bicyclic) bond motifs is 1. The first-order chi connectivity index (χ1) is 10.2. The Kier molecular flexibility index (Phi) is 4.49. The molecule has 0 fully saturated rings. The van der Waals surface area contributed by atoms with Gasteiger partial charge in [-0.1, -0.05) is 47.1 Å². The van der Waals surface area contributed by atoms with E-state index in [1.54, 1.807) is 0 Å². The lowest BCUT2D eigenvalue weighted by Gasteiger charge is -2.35. The molecule has 3 rings (SSSR count). The molecule has 1 aliphatic heterocycles. The Morgan fingerprint density at radius 3 is 2.90 bits per heavy atom. The van der Waals surface area contributed by atoms with Crippen LogP contribution in [0.5, 0.6) is 0 Å². The SMILES string of the molecule is CC1Cc2ccccc2N(CCNc2cccc(Br)c2)C1. The van der Waals surface area contributed by atoms with Crippen molar-refractivity contribution in [2.45, 2.75) is 13.3 Å². The van der Waals surface area contributed by atoms with Crippen LogP contribution in [0.3, 0.4) is 0 Å². The second kappa shape index (κ2) is 6.52. The van der Waals surface area contributed by atoms with Crippen LogP contribution < -0.4 is 10.2 Å². The second-order valence-electron chi connectivity index (χ2n) is 5.82. The number of halogens is 1. The third kappa shape index (κ3) is 3.59. The molecule has 1 heterocycles. The molecule has 1 unspecified atom stereocenters. The average Bonchev–Trinajstić information content (AvgIpc) is 2.47. The first-order valence-electron chi connectivity index (χ1n) is 7.54. The lowest BCUT2D eigenvalue weighted by molar-refractivity contribution is 0.535. The van der Waals surface area contributed by atoms with E-state index in [1.165, 1.54) is 23.4 Å². The Labute approximate surface area is 135 Å². The molecule has 0 aliphatic carbocycles. The summed E-state index contributed by atoms with van der Waals surface area (Å²) in [6, 6.07) is 17.1. The van der Waals surface area contributed by atoms with Gasteiger partial charge in [0.25, 0.3) is 0 Å². The van der Waals surface area contributed by atoms with Crippen molar-refractivity contribution in [3.05, 3.63) is 58.6 Å². The summed E-state index contributed by atoms with van der Waals surface area (Å²) in [5.41, 5.74) is 4.06. The number of rotatable bonds is 4. The normalized spacial score (nSPS) is 17.4. The number of anilines is 2. The Morgan fingerprint density at radius 2 is 2.05 bits per heavy atom. The lowest BCUT2D eigenvalue weighted by atomic mass is 9.94. The fraction of sp³-hybridized carbons (Fsp3) is 0.333. The summed E-state index contributed by atoms with van der Waals surface area (Å²) < 4.78 is 1.12. The molecule has 2 nitrogen and oxygen atoms in total. The maximum Gasteiger partial charge on any atom is 0.0399 e. The summed E-state index contributed by atoms with van der Waals surface area (Å²) in [5.74, 6) is 0.728. The minimum Gasteiger partial charge on any atom is -0.383 e. The van der Waals surface area contributed by atoms with E-state index < -0.39 is 0 Å². The molecule has 0 radical (unpaired) electrons. The summed E-state index contributed by atoms with van der Waals surface area (Å²) >= 11 is 3.51. The number of nitrogens with zero attached hydrogens (tertiary/aromatic N) is 1. The van der Waals surface area contributed by atoms with E-state index in [0.29, 0.717) is 0 Å². The van der Waals surface area contributed by atoms with Crippen molar-refractivity contribution < 1.29 is 0 Å². The van der Waals surface area contributed by atoms with Crippen molar-refractivity contribution in [1.29, 1.82) is 0 Å². The van der Waals surface area contributed by atoms with Gasteiger partial charge in [0.2, 0.25) is 0 Å². The molecular formula is C18H21BrN2. The lowest BCUT2D eigenvalue weighted by Crippen LogP contribution is -2.37. The Morgan fingerprint density at radius 1 is 1.19 bits per heavy atom. The van der Waals surface area contributed by atoms with Crippen molar-refractivity contribution in [3.63, 3.8) is 0 Å². The largest absolute Gasteiger partial charge is 0.383 e. The molecule has 1 aliphatic rings. The third-order valence-corrected chi connectivity index (χ3v) is 4.46. The van der Waals surface area contributed by atoms with Crippen molar-refractivity contribution >= 4 is 27.3 Å². The number of hydrogen-bond donors (Lipinski definition) is 1. The van der Waals surface area contributed by atoms with E-state index in [2.05, 4.69) is 75.5 Å². The van der Waals surface area contributed by atoms with E-state index in [-0.39, 0.29) is 0 Å². The van der Waals surface area contributed by atoms with Gasteiger partial charge in [0.15, 0.2) is 0 Å². The van der Waals surface area contributed by atoms with Crippen LogP contribution in [0.4, 0.5) is 11.4 Å². The van der Waals surface area contributed by atoms with Gasteiger partial charge in [-0.2, -0.15) is 0 Å². The highest BCUT2D eigenvalue weighted by atomic mass is 79.9. The molecule has 0 aromatic heterocycles. The minimum absolute atomic E-state index is 0.728. The minimum atomic E-state index is 0.728. The highest BCUT2D eigenvalue weighted by molar-refractivity contribution is 9.10. The third-order valence-electron chi connectivity index (χ3n) is 3.97. The van der Waals surface area contributed by atoms with Crippen molar-refractivity contribution in [2.24, 2.45) is 5.92 Å². The monoisotopic (exact) mass is 344 g/mol. The number of nitrogens with one attached hydrogen (secondary N) is 1. The maximum atomic E-state index is 3.51. The van der Waals surface area contributed by atoms with E-state index in [9.17, 15) is 0 Å². The first kappa shape index (κ1) is 14.5. The maximum absolute atomic E-state index is 3.51. The predicted octanol–water partition coefficient (Wildman–Crippen LogP) is 4.56. The van der Waals surface area contributed by atoms with E-state index in [4.69, 9.17) is 0 Å². The predicted molar refractivity (Wildman–Crippen MR) is 94.2 cm³/mol. The number of benzene rings is 2. The molecule has 0 saturated carbocycles. The Hall–Kier alpha value is -1.48. The van der Waals surface area contributed by atoms with Crippen LogP contribution in [-0.4, -0.2) is 19.6 Å². The van der Waals surface area contributed by atoms with E-state index in [1.807, 2.05) is 6.07 Å². The van der Waals surface area contributed by atoms with Gasteiger partial charge in [0.1, 0.15) is 0 Å². The van der Waals surface area contributed by atoms with Gasteiger partial charge in [-0.05, 0) is 42.2 Å². The molecule has 0 spiro atoms. The number of para-hydroxylation sites is 1. The quantitative estimate of drug-likeness (QED) is 0.874. The van der Waals surface area contributed by atoms with Crippen molar-refractivity contribution in [2.75, 3.05) is 29.9 Å². The highest BCUT2D eigenvalue weighted by Crippen LogP contribution is 2.29. The molecule has 2 aromatic rings. The Bertz CT molecular complexity index is 612. The molecule has 1 N–H and O–H groups in total. The summed E-state index contributed by atoms with van der Waals surface area (Å²) in [4.78, 5) is 2.51.